The number of amides is 2. The first-order chi connectivity index (χ1) is 18.5. The number of benzene rings is 2. The molecular formula is C30H41N3O5. The summed E-state index contributed by atoms with van der Waals surface area (Å²) in [6.07, 6.45) is 12.6. The van der Waals surface area contributed by atoms with Gasteiger partial charge in [-0.1, -0.05) is 76.5 Å². The summed E-state index contributed by atoms with van der Waals surface area (Å²) >= 11 is 0. The van der Waals surface area contributed by atoms with Crippen LogP contribution in [0.1, 0.15) is 94.0 Å². The van der Waals surface area contributed by atoms with E-state index in [0.29, 0.717) is 29.9 Å². The summed E-state index contributed by atoms with van der Waals surface area (Å²) in [6.45, 7) is 4.29. The van der Waals surface area contributed by atoms with E-state index in [2.05, 4.69) is 22.8 Å². The van der Waals surface area contributed by atoms with Gasteiger partial charge >= 0.3 is 5.97 Å². The van der Waals surface area contributed by atoms with Gasteiger partial charge in [-0.3, -0.25) is 9.59 Å². The number of nitrogens with one attached hydrogen (secondary N) is 2. The maximum atomic E-state index is 12.4. The number of nitrogens with zero attached hydrogens (tertiary/aromatic N) is 1. The second-order valence-corrected chi connectivity index (χ2v) is 9.04. The fourth-order valence-corrected chi connectivity index (χ4v) is 3.77. The van der Waals surface area contributed by atoms with Crippen molar-refractivity contribution < 1.29 is 23.9 Å². The maximum absolute atomic E-state index is 12.4. The van der Waals surface area contributed by atoms with E-state index in [1.807, 2.05) is 13.0 Å². The fraction of sp³-hybridized carbons (Fsp3) is 0.467. The Labute approximate surface area is 226 Å². The van der Waals surface area contributed by atoms with Crippen LogP contribution in [-0.2, 0) is 9.59 Å². The van der Waals surface area contributed by atoms with Crippen molar-refractivity contribution in [3.63, 3.8) is 0 Å². The number of rotatable bonds is 18. The van der Waals surface area contributed by atoms with Gasteiger partial charge in [-0.05, 0) is 49.2 Å². The molecule has 0 saturated carbocycles. The normalized spacial score (nSPS) is 10.8. The number of ether oxygens (including phenoxy) is 2. The zero-order valence-electron chi connectivity index (χ0n) is 22.7. The van der Waals surface area contributed by atoms with E-state index in [0.717, 1.165) is 19.3 Å². The van der Waals surface area contributed by atoms with E-state index in [9.17, 15) is 14.4 Å². The quantitative estimate of drug-likeness (QED) is 0.0845. The minimum absolute atomic E-state index is 0.130. The number of hydrogen-bond donors (Lipinski definition) is 2. The molecule has 2 amide bonds. The van der Waals surface area contributed by atoms with Crippen LogP contribution in [0.25, 0.3) is 0 Å². The van der Waals surface area contributed by atoms with E-state index in [1.165, 1.54) is 44.7 Å². The van der Waals surface area contributed by atoms with Gasteiger partial charge < -0.3 is 14.8 Å². The molecule has 0 aliphatic carbocycles. The third kappa shape index (κ3) is 12.5. The van der Waals surface area contributed by atoms with Crippen molar-refractivity contribution in [2.75, 3.05) is 13.2 Å². The lowest BCUT2D eigenvalue weighted by atomic mass is 10.1. The number of hydrazone groups is 1. The molecule has 8 heteroatoms. The summed E-state index contributed by atoms with van der Waals surface area (Å²) in [5, 5.41) is 6.57. The van der Waals surface area contributed by atoms with Crippen LogP contribution in [0.2, 0.25) is 0 Å². The Kier molecular flexibility index (Phi) is 14.9. The van der Waals surface area contributed by atoms with Crippen LogP contribution in [0.5, 0.6) is 11.5 Å². The molecule has 206 valence electrons. The molecule has 0 spiro atoms. The lowest BCUT2D eigenvalue weighted by Crippen LogP contribution is -2.34. The Hall–Kier alpha value is -3.68. The van der Waals surface area contributed by atoms with Gasteiger partial charge in [0.1, 0.15) is 0 Å². The summed E-state index contributed by atoms with van der Waals surface area (Å²) in [6, 6.07) is 13.7. The molecule has 38 heavy (non-hydrogen) atoms. The summed E-state index contributed by atoms with van der Waals surface area (Å²) in [5.74, 6) is -0.360. The van der Waals surface area contributed by atoms with Crippen LogP contribution in [0, 0.1) is 0 Å². The molecule has 0 heterocycles. The van der Waals surface area contributed by atoms with Crippen LogP contribution in [-0.4, -0.2) is 37.1 Å². The number of esters is 1. The lowest BCUT2D eigenvalue weighted by Gasteiger charge is -2.11. The Morgan fingerprint density at radius 2 is 1.50 bits per heavy atom. The first-order valence-corrected chi connectivity index (χ1v) is 13.7. The van der Waals surface area contributed by atoms with Crippen molar-refractivity contribution in [1.29, 1.82) is 0 Å². The molecule has 2 N–H and O–H groups in total. The Balaban J connectivity index is 1.70. The SMILES string of the molecule is CCCCCCCCCCCC(=O)NCC(=O)N/N=C/c1ccc(OC(=O)c2ccccc2)c(OCC)c1. The highest BCUT2D eigenvalue weighted by molar-refractivity contribution is 5.91. The average molecular weight is 524 g/mol. The van der Waals surface area contributed by atoms with Crippen molar-refractivity contribution in [2.24, 2.45) is 5.10 Å². The zero-order valence-corrected chi connectivity index (χ0v) is 22.7. The summed E-state index contributed by atoms with van der Waals surface area (Å²) in [7, 11) is 0. The van der Waals surface area contributed by atoms with Crippen LogP contribution >= 0.6 is 0 Å². The maximum Gasteiger partial charge on any atom is 0.343 e. The molecule has 0 aliphatic heterocycles. The topological polar surface area (TPSA) is 106 Å². The molecule has 0 bridgehead atoms. The largest absolute Gasteiger partial charge is 0.490 e. The Morgan fingerprint density at radius 1 is 0.816 bits per heavy atom. The van der Waals surface area contributed by atoms with Crippen LogP contribution in [0.15, 0.2) is 53.6 Å². The first-order valence-electron chi connectivity index (χ1n) is 13.7. The van der Waals surface area contributed by atoms with Gasteiger partial charge in [0.2, 0.25) is 5.91 Å². The van der Waals surface area contributed by atoms with Crippen LogP contribution in [0.4, 0.5) is 0 Å². The van der Waals surface area contributed by atoms with Crippen LogP contribution in [0.3, 0.4) is 0 Å². The molecule has 0 atom stereocenters. The van der Waals surface area contributed by atoms with Gasteiger partial charge in [0.15, 0.2) is 11.5 Å². The second-order valence-electron chi connectivity index (χ2n) is 9.04. The predicted octanol–water partition coefficient (Wildman–Crippen LogP) is 5.79. The number of hydrogen-bond acceptors (Lipinski definition) is 6. The van der Waals surface area contributed by atoms with Gasteiger partial charge in [-0.15, -0.1) is 0 Å². The highest BCUT2D eigenvalue weighted by Crippen LogP contribution is 2.29. The molecule has 2 rings (SSSR count). The molecule has 2 aromatic carbocycles. The summed E-state index contributed by atoms with van der Waals surface area (Å²) in [5.41, 5.74) is 3.48. The van der Waals surface area contributed by atoms with Gasteiger partial charge in [-0.2, -0.15) is 5.10 Å². The minimum atomic E-state index is -0.486. The smallest absolute Gasteiger partial charge is 0.343 e. The van der Waals surface area contributed by atoms with Crippen molar-refractivity contribution in [1.82, 2.24) is 10.7 Å². The summed E-state index contributed by atoms with van der Waals surface area (Å²) < 4.78 is 11.1. The van der Waals surface area contributed by atoms with Gasteiger partial charge in [0, 0.05) is 6.42 Å². The van der Waals surface area contributed by atoms with Crippen molar-refractivity contribution in [3.8, 4) is 11.5 Å². The third-order valence-corrected chi connectivity index (χ3v) is 5.84. The lowest BCUT2D eigenvalue weighted by molar-refractivity contribution is -0.126. The molecule has 0 aliphatic rings. The number of carbonyl (C=O) groups excluding carboxylic acids is 3. The monoisotopic (exact) mass is 523 g/mol. The third-order valence-electron chi connectivity index (χ3n) is 5.84. The van der Waals surface area contributed by atoms with Crippen LogP contribution < -0.4 is 20.2 Å². The second kappa shape index (κ2) is 18.5. The standard InChI is InChI=1S/C30H41N3O5/c1-3-5-6-7-8-9-10-11-15-18-28(34)31-23-29(35)33-32-22-24-19-20-26(27(21-24)37-4-2)38-30(36)25-16-13-12-14-17-25/h12-14,16-17,19-22H,3-11,15,18,23H2,1-2H3,(H,31,34)(H,33,35)/b32-22+. The van der Waals surface area contributed by atoms with Gasteiger partial charge in [0.25, 0.3) is 5.91 Å². The molecular weight excluding hydrogens is 482 g/mol. The highest BCUT2D eigenvalue weighted by Gasteiger charge is 2.13. The van der Waals surface area contributed by atoms with Crippen molar-refractivity contribution >= 4 is 24.0 Å². The number of unbranched alkanes of at least 4 members (excludes halogenated alkanes) is 8. The molecule has 0 radical (unpaired) electrons. The Morgan fingerprint density at radius 3 is 2.18 bits per heavy atom. The Bertz CT molecular complexity index is 1020. The minimum Gasteiger partial charge on any atom is -0.490 e. The van der Waals surface area contributed by atoms with Gasteiger partial charge in [-0.25, -0.2) is 10.2 Å². The zero-order chi connectivity index (χ0) is 27.4. The van der Waals surface area contributed by atoms with E-state index in [-0.39, 0.29) is 18.2 Å². The summed E-state index contributed by atoms with van der Waals surface area (Å²) in [4.78, 5) is 36.4. The van der Waals surface area contributed by atoms with Crippen molar-refractivity contribution in [3.05, 3.63) is 59.7 Å². The van der Waals surface area contributed by atoms with E-state index >= 15 is 0 Å². The van der Waals surface area contributed by atoms with E-state index in [1.54, 1.807) is 42.5 Å². The van der Waals surface area contributed by atoms with E-state index in [4.69, 9.17) is 9.47 Å². The van der Waals surface area contributed by atoms with E-state index < -0.39 is 11.9 Å². The first kappa shape index (κ1) is 30.5. The molecule has 0 unspecified atom stereocenters. The fourth-order valence-electron chi connectivity index (χ4n) is 3.77. The highest BCUT2D eigenvalue weighted by atomic mass is 16.6. The van der Waals surface area contributed by atoms with Gasteiger partial charge in [0.05, 0.1) is 24.9 Å². The molecule has 8 nitrogen and oxygen atoms in total. The molecule has 0 saturated heterocycles. The molecule has 0 aromatic heterocycles. The number of carbonyl (C=O) groups is 3. The average Bonchev–Trinajstić information content (AvgIpc) is 2.93. The molecule has 2 aromatic rings. The predicted molar refractivity (Wildman–Crippen MR) is 150 cm³/mol. The molecule has 0 fully saturated rings. The van der Waals surface area contributed by atoms with Crippen molar-refractivity contribution in [2.45, 2.75) is 78.1 Å².